The maximum Gasteiger partial charge on any atom is 0.307 e. The number of hydrogen-bond acceptors (Lipinski definition) is 3. The Morgan fingerprint density at radius 3 is 2.60 bits per heavy atom. The zero-order valence-corrected chi connectivity index (χ0v) is 6.95. The molecular weight excluding hydrogens is 154 g/mol. The number of hydrogen-bond donors (Lipinski definition) is 1. The molecule has 0 aliphatic heterocycles. The van der Waals surface area contributed by atoms with Crippen LogP contribution >= 0.6 is 12.4 Å². The van der Waals surface area contributed by atoms with E-state index >= 15 is 0 Å². The lowest BCUT2D eigenvalue weighted by Gasteiger charge is -1.99. The SMILES string of the molecule is CCCOC(=O)CCN.Cl. The van der Waals surface area contributed by atoms with Gasteiger partial charge in [-0.3, -0.25) is 4.79 Å². The first-order chi connectivity index (χ1) is 4.31. The largest absolute Gasteiger partial charge is 0.466 e. The van der Waals surface area contributed by atoms with Crippen molar-refractivity contribution in [3.8, 4) is 0 Å². The van der Waals surface area contributed by atoms with Crippen molar-refractivity contribution >= 4 is 18.4 Å². The van der Waals surface area contributed by atoms with E-state index in [1.54, 1.807) is 0 Å². The fourth-order valence-corrected chi connectivity index (χ4v) is 0.406. The molecule has 0 aromatic carbocycles. The highest BCUT2D eigenvalue weighted by Crippen LogP contribution is 1.85. The Morgan fingerprint density at radius 2 is 2.20 bits per heavy atom. The fraction of sp³-hybridized carbons (Fsp3) is 0.833. The molecular formula is C6H14ClNO2. The van der Waals surface area contributed by atoms with Crippen LogP contribution in [0.1, 0.15) is 19.8 Å². The van der Waals surface area contributed by atoms with Crippen molar-refractivity contribution in [1.29, 1.82) is 0 Å². The maximum atomic E-state index is 10.5. The molecule has 0 aromatic rings. The molecule has 0 heterocycles. The van der Waals surface area contributed by atoms with Crippen molar-refractivity contribution in [3.05, 3.63) is 0 Å². The molecule has 0 unspecified atom stereocenters. The highest BCUT2D eigenvalue weighted by molar-refractivity contribution is 5.85. The van der Waals surface area contributed by atoms with E-state index in [9.17, 15) is 4.79 Å². The lowest BCUT2D eigenvalue weighted by Crippen LogP contribution is -2.11. The number of carbonyl (C=O) groups excluding carboxylic acids is 1. The van der Waals surface area contributed by atoms with Crippen LogP contribution in [0.3, 0.4) is 0 Å². The van der Waals surface area contributed by atoms with Gasteiger partial charge in [-0.05, 0) is 6.42 Å². The van der Waals surface area contributed by atoms with Crippen LogP contribution in [0.5, 0.6) is 0 Å². The van der Waals surface area contributed by atoms with Gasteiger partial charge in [-0.15, -0.1) is 12.4 Å². The third-order valence-electron chi connectivity index (χ3n) is 0.816. The van der Waals surface area contributed by atoms with Crippen molar-refractivity contribution in [2.24, 2.45) is 5.73 Å². The second-order valence-corrected chi connectivity index (χ2v) is 1.76. The molecule has 0 fully saturated rings. The lowest BCUT2D eigenvalue weighted by molar-refractivity contribution is -0.143. The van der Waals surface area contributed by atoms with Gasteiger partial charge in [0.1, 0.15) is 0 Å². The molecule has 0 atom stereocenters. The van der Waals surface area contributed by atoms with E-state index in [4.69, 9.17) is 10.5 Å². The third-order valence-corrected chi connectivity index (χ3v) is 0.816. The summed E-state index contributed by atoms with van der Waals surface area (Å²) in [5, 5.41) is 0. The summed E-state index contributed by atoms with van der Waals surface area (Å²) in [5.41, 5.74) is 5.10. The summed E-state index contributed by atoms with van der Waals surface area (Å²) in [7, 11) is 0. The van der Waals surface area contributed by atoms with Crippen LogP contribution in [0.4, 0.5) is 0 Å². The van der Waals surface area contributed by atoms with Crippen LogP contribution < -0.4 is 5.73 Å². The van der Waals surface area contributed by atoms with E-state index in [-0.39, 0.29) is 18.4 Å². The van der Waals surface area contributed by atoms with Gasteiger partial charge < -0.3 is 10.5 Å². The predicted molar refractivity (Wildman–Crippen MR) is 42.2 cm³/mol. The Bertz CT molecular complexity index is 87.8. The molecule has 3 nitrogen and oxygen atoms in total. The first-order valence-corrected chi connectivity index (χ1v) is 3.17. The average Bonchev–Trinajstić information content (AvgIpc) is 1.85. The number of rotatable bonds is 4. The van der Waals surface area contributed by atoms with E-state index in [1.165, 1.54) is 0 Å². The summed E-state index contributed by atoms with van der Waals surface area (Å²) < 4.78 is 4.71. The van der Waals surface area contributed by atoms with Crippen LogP contribution in [-0.4, -0.2) is 19.1 Å². The van der Waals surface area contributed by atoms with Crippen molar-refractivity contribution in [1.82, 2.24) is 0 Å². The van der Waals surface area contributed by atoms with Gasteiger partial charge in [-0.1, -0.05) is 6.92 Å². The van der Waals surface area contributed by atoms with Gasteiger partial charge in [0.05, 0.1) is 13.0 Å². The molecule has 62 valence electrons. The quantitative estimate of drug-likeness (QED) is 0.628. The van der Waals surface area contributed by atoms with Crippen LogP contribution in [0.25, 0.3) is 0 Å². The molecule has 0 aliphatic carbocycles. The molecule has 0 amide bonds. The van der Waals surface area contributed by atoms with Gasteiger partial charge in [0.25, 0.3) is 0 Å². The first-order valence-electron chi connectivity index (χ1n) is 3.17. The van der Waals surface area contributed by atoms with Gasteiger partial charge in [-0.25, -0.2) is 0 Å². The number of ether oxygens (including phenoxy) is 1. The minimum absolute atomic E-state index is 0. The highest BCUT2D eigenvalue weighted by atomic mass is 35.5. The molecule has 0 saturated carbocycles. The van der Waals surface area contributed by atoms with Crippen molar-refractivity contribution < 1.29 is 9.53 Å². The molecule has 0 aliphatic rings. The molecule has 2 N–H and O–H groups in total. The van der Waals surface area contributed by atoms with Gasteiger partial charge in [-0.2, -0.15) is 0 Å². The topological polar surface area (TPSA) is 52.3 Å². The van der Waals surface area contributed by atoms with Crippen LogP contribution in [-0.2, 0) is 9.53 Å². The second kappa shape index (κ2) is 8.72. The number of carbonyl (C=O) groups is 1. The summed E-state index contributed by atoms with van der Waals surface area (Å²) in [6.45, 7) is 2.84. The van der Waals surface area contributed by atoms with E-state index in [0.29, 0.717) is 19.6 Å². The normalized spacial score (nSPS) is 8.20. The minimum atomic E-state index is -0.195. The molecule has 4 heteroatoms. The Kier molecular flexibility index (Phi) is 10.8. The van der Waals surface area contributed by atoms with E-state index in [0.717, 1.165) is 6.42 Å². The zero-order valence-electron chi connectivity index (χ0n) is 6.13. The molecule has 0 bridgehead atoms. The van der Waals surface area contributed by atoms with E-state index in [1.807, 2.05) is 6.92 Å². The summed E-state index contributed by atoms with van der Waals surface area (Å²) >= 11 is 0. The van der Waals surface area contributed by atoms with E-state index < -0.39 is 0 Å². The molecule has 0 rings (SSSR count). The number of halogens is 1. The summed E-state index contributed by atoms with van der Waals surface area (Å²) in [6, 6.07) is 0. The molecule has 0 saturated heterocycles. The minimum Gasteiger partial charge on any atom is -0.466 e. The van der Waals surface area contributed by atoms with Crippen molar-refractivity contribution in [2.45, 2.75) is 19.8 Å². The van der Waals surface area contributed by atoms with Crippen LogP contribution in [0, 0.1) is 0 Å². The maximum absolute atomic E-state index is 10.5. The van der Waals surface area contributed by atoms with Crippen molar-refractivity contribution in [3.63, 3.8) is 0 Å². The Hall–Kier alpha value is -0.280. The summed E-state index contributed by atoms with van der Waals surface area (Å²) in [5.74, 6) is -0.195. The average molecular weight is 168 g/mol. The van der Waals surface area contributed by atoms with Gasteiger partial charge >= 0.3 is 5.97 Å². The third kappa shape index (κ3) is 7.72. The van der Waals surface area contributed by atoms with Crippen LogP contribution in [0.2, 0.25) is 0 Å². The monoisotopic (exact) mass is 167 g/mol. The van der Waals surface area contributed by atoms with E-state index in [2.05, 4.69) is 0 Å². The van der Waals surface area contributed by atoms with Crippen molar-refractivity contribution in [2.75, 3.05) is 13.2 Å². The smallest absolute Gasteiger partial charge is 0.307 e. The van der Waals surface area contributed by atoms with Gasteiger partial charge in [0.15, 0.2) is 0 Å². The fourth-order valence-electron chi connectivity index (χ4n) is 0.406. The summed E-state index contributed by atoms with van der Waals surface area (Å²) in [6.07, 6.45) is 1.20. The van der Waals surface area contributed by atoms with Gasteiger partial charge in [0, 0.05) is 6.54 Å². The zero-order chi connectivity index (χ0) is 7.11. The van der Waals surface area contributed by atoms with Gasteiger partial charge in [0.2, 0.25) is 0 Å². The molecule has 0 spiro atoms. The Labute approximate surface area is 67.3 Å². The lowest BCUT2D eigenvalue weighted by atomic mass is 10.4. The first kappa shape index (κ1) is 12.4. The standard InChI is InChI=1S/C6H13NO2.ClH/c1-2-5-9-6(8)3-4-7;/h2-5,7H2,1H3;1H. The molecule has 10 heavy (non-hydrogen) atoms. The second-order valence-electron chi connectivity index (χ2n) is 1.76. The Balaban J connectivity index is 0. The molecule has 0 radical (unpaired) electrons. The van der Waals surface area contributed by atoms with Crippen LogP contribution in [0.15, 0.2) is 0 Å². The molecule has 0 aromatic heterocycles. The highest BCUT2D eigenvalue weighted by Gasteiger charge is 1.97. The number of esters is 1. The number of nitrogens with two attached hydrogens (primary N) is 1. The summed E-state index contributed by atoms with van der Waals surface area (Å²) in [4.78, 5) is 10.5. The Morgan fingerprint density at radius 1 is 1.60 bits per heavy atom. The predicted octanol–water partition coefficient (Wildman–Crippen LogP) is 0.710.